The molecule has 164 valence electrons. The van der Waals surface area contributed by atoms with E-state index in [0.717, 1.165) is 37.4 Å². The minimum absolute atomic E-state index is 0.00321. The smallest absolute Gasteiger partial charge is 0.325 e. The largest absolute Gasteiger partial charge is 0.455 e. The molecule has 0 aromatic heterocycles. The Bertz CT molecular complexity index is 1100. The van der Waals surface area contributed by atoms with Crippen LogP contribution >= 0.6 is 11.6 Å². The Balaban J connectivity index is 1.29. The van der Waals surface area contributed by atoms with Gasteiger partial charge < -0.3 is 9.64 Å². The third-order valence-electron chi connectivity index (χ3n) is 6.17. The summed E-state index contributed by atoms with van der Waals surface area (Å²) in [4.78, 5) is 19.8. The van der Waals surface area contributed by atoms with Crippen molar-refractivity contribution in [2.75, 3.05) is 37.6 Å². The Hall–Kier alpha value is -3.02. The molecule has 2 aliphatic heterocycles. The van der Waals surface area contributed by atoms with E-state index >= 15 is 0 Å². The number of benzene rings is 3. The zero-order valence-corrected chi connectivity index (χ0v) is 18.7. The molecule has 3 aromatic carbocycles. The number of para-hydroxylation sites is 1. The van der Waals surface area contributed by atoms with Crippen LogP contribution in [0.2, 0.25) is 5.02 Å². The lowest BCUT2D eigenvalue weighted by Crippen LogP contribution is -2.53. The summed E-state index contributed by atoms with van der Waals surface area (Å²) in [7, 11) is 0. The first-order valence-electron chi connectivity index (χ1n) is 11.1. The second kappa shape index (κ2) is 9.23. The summed E-state index contributed by atoms with van der Waals surface area (Å²) in [5.74, 6) is 1.42. The summed E-state index contributed by atoms with van der Waals surface area (Å²) in [5, 5.41) is 0.585. The molecule has 0 radical (unpaired) electrons. The average Bonchev–Trinajstić information content (AvgIpc) is 3.00. The molecule has 32 heavy (non-hydrogen) atoms. The van der Waals surface area contributed by atoms with E-state index in [1.165, 1.54) is 5.56 Å². The van der Waals surface area contributed by atoms with Gasteiger partial charge in [-0.1, -0.05) is 60.1 Å². The van der Waals surface area contributed by atoms with Crippen molar-refractivity contribution in [3.63, 3.8) is 0 Å². The van der Waals surface area contributed by atoms with Crippen LogP contribution in [0.3, 0.4) is 0 Å². The summed E-state index contributed by atoms with van der Waals surface area (Å²) in [5.41, 5.74) is 3.04. The lowest BCUT2D eigenvalue weighted by atomic mass is 10.1. The molecule has 1 fully saturated rings. The number of rotatable bonds is 3. The van der Waals surface area contributed by atoms with Gasteiger partial charge in [0.05, 0.1) is 12.2 Å². The van der Waals surface area contributed by atoms with Crippen molar-refractivity contribution in [2.24, 2.45) is 0 Å². The average molecular weight is 448 g/mol. The molecule has 0 aliphatic carbocycles. The van der Waals surface area contributed by atoms with Crippen molar-refractivity contribution in [3.8, 4) is 11.5 Å². The Kier molecular flexibility index (Phi) is 6.02. The molecule has 5 nitrogen and oxygen atoms in total. The van der Waals surface area contributed by atoms with Gasteiger partial charge in [-0.15, -0.1) is 0 Å². The highest BCUT2D eigenvalue weighted by Crippen LogP contribution is 2.40. The molecule has 0 spiro atoms. The third-order valence-corrected chi connectivity index (χ3v) is 6.40. The van der Waals surface area contributed by atoms with Crippen molar-refractivity contribution >= 4 is 23.3 Å². The Morgan fingerprint density at radius 1 is 0.875 bits per heavy atom. The van der Waals surface area contributed by atoms with Crippen LogP contribution in [-0.2, 0) is 13.0 Å². The van der Waals surface area contributed by atoms with Crippen LogP contribution in [0.4, 0.5) is 10.5 Å². The predicted molar refractivity (Wildman–Crippen MR) is 128 cm³/mol. The highest BCUT2D eigenvalue weighted by molar-refractivity contribution is 6.31. The van der Waals surface area contributed by atoms with Gasteiger partial charge in [-0.25, -0.2) is 4.79 Å². The van der Waals surface area contributed by atoms with E-state index in [4.69, 9.17) is 16.3 Å². The molecule has 2 aliphatic rings. The van der Waals surface area contributed by atoms with Crippen molar-refractivity contribution in [3.05, 3.63) is 88.9 Å². The molecule has 6 heteroatoms. The van der Waals surface area contributed by atoms with E-state index in [0.29, 0.717) is 36.1 Å². The summed E-state index contributed by atoms with van der Waals surface area (Å²) < 4.78 is 6.14. The van der Waals surface area contributed by atoms with Gasteiger partial charge in [0.1, 0.15) is 5.75 Å². The number of hydrogen-bond donors (Lipinski definition) is 0. The molecular formula is C26H26ClN3O2. The summed E-state index contributed by atoms with van der Waals surface area (Å²) in [6, 6.07) is 23.8. The number of carbonyl (C=O) groups excluding carboxylic acids is 1. The number of halogens is 1. The number of fused-ring (bicyclic) bond motifs is 2. The van der Waals surface area contributed by atoms with Crippen molar-refractivity contribution in [1.29, 1.82) is 0 Å². The van der Waals surface area contributed by atoms with Crippen molar-refractivity contribution < 1.29 is 9.53 Å². The molecule has 0 bridgehead atoms. The highest BCUT2D eigenvalue weighted by atomic mass is 35.5. The third kappa shape index (κ3) is 4.45. The van der Waals surface area contributed by atoms with E-state index in [1.807, 2.05) is 47.4 Å². The first-order chi connectivity index (χ1) is 15.7. The highest BCUT2D eigenvalue weighted by Gasteiger charge is 2.30. The van der Waals surface area contributed by atoms with Gasteiger partial charge in [-0.2, -0.15) is 0 Å². The molecule has 0 unspecified atom stereocenters. The van der Waals surface area contributed by atoms with Gasteiger partial charge in [-0.05, 0) is 36.2 Å². The molecule has 0 N–H and O–H groups in total. The van der Waals surface area contributed by atoms with Gasteiger partial charge in [0.2, 0.25) is 0 Å². The summed E-state index contributed by atoms with van der Waals surface area (Å²) in [6.07, 6.45) is 1.03. The topological polar surface area (TPSA) is 36.0 Å². The van der Waals surface area contributed by atoms with Crippen LogP contribution in [0.15, 0.2) is 72.8 Å². The van der Waals surface area contributed by atoms with E-state index in [2.05, 4.69) is 29.2 Å². The molecule has 2 heterocycles. The fraction of sp³-hybridized carbons (Fsp3) is 0.269. The van der Waals surface area contributed by atoms with Gasteiger partial charge in [0, 0.05) is 43.3 Å². The Morgan fingerprint density at radius 2 is 1.62 bits per heavy atom. The Morgan fingerprint density at radius 3 is 2.44 bits per heavy atom. The summed E-state index contributed by atoms with van der Waals surface area (Å²) in [6.45, 7) is 4.64. The minimum atomic E-state index is -0.00321. The van der Waals surface area contributed by atoms with Crippen LogP contribution < -0.4 is 9.64 Å². The molecule has 1 saturated heterocycles. The number of ether oxygens (including phenoxy) is 1. The standard InChI is InChI=1S/C26H26ClN3O2/c27-22-10-11-25-23(18-22)30(19-21-8-4-5-9-24(21)32-25)26(31)29-16-14-28(15-17-29)13-12-20-6-2-1-3-7-20/h1-11,18H,12-17,19H2. The number of amides is 2. The fourth-order valence-electron chi connectivity index (χ4n) is 4.33. The maximum atomic E-state index is 13.6. The van der Waals surface area contributed by atoms with Gasteiger partial charge in [0.15, 0.2) is 5.75 Å². The SMILES string of the molecule is O=C(N1CCN(CCc2ccccc2)CC1)N1Cc2ccccc2Oc2ccc(Cl)cc21. The monoisotopic (exact) mass is 447 g/mol. The second-order valence-corrected chi connectivity index (χ2v) is 8.69. The molecule has 5 rings (SSSR count). The number of urea groups is 1. The molecule has 0 saturated carbocycles. The van der Waals surface area contributed by atoms with Crippen LogP contribution in [-0.4, -0.2) is 48.6 Å². The zero-order valence-electron chi connectivity index (χ0n) is 17.9. The van der Waals surface area contributed by atoms with Crippen LogP contribution in [0.1, 0.15) is 11.1 Å². The predicted octanol–water partition coefficient (Wildman–Crippen LogP) is 5.43. The van der Waals surface area contributed by atoms with E-state index in [9.17, 15) is 4.79 Å². The molecule has 0 atom stereocenters. The number of piperazine rings is 1. The Labute approximate surface area is 193 Å². The summed E-state index contributed by atoms with van der Waals surface area (Å²) >= 11 is 6.29. The van der Waals surface area contributed by atoms with Gasteiger partial charge >= 0.3 is 6.03 Å². The van der Waals surface area contributed by atoms with Crippen molar-refractivity contribution in [1.82, 2.24) is 9.80 Å². The lowest BCUT2D eigenvalue weighted by molar-refractivity contribution is 0.144. The van der Waals surface area contributed by atoms with E-state index < -0.39 is 0 Å². The number of hydrogen-bond acceptors (Lipinski definition) is 3. The maximum Gasteiger partial charge on any atom is 0.325 e. The zero-order chi connectivity index (χ0) is 21.9. The van der Waals surface area contributed by atoms with Gasteiger partial charge in [0.25, 0.3) is 0 Å². The van der Waals surface area contributed by atoms with E-state index in [-0.39, 0.29) is 6.03 Å². The fourth-order valence-corrected chi connectivity index (χ4v) is 4.50. The minimum Gasteiger partial charge on any atom is -0.455 e. The number of carbonyl (C=O) groups is 1. The number of nitrogens with zero attached hydrogens (tertiary/aromatic N) is 3. The molecule has 2 amide bonds. The van der Waals surface area contributed by atoms with Crippen LogP contribution in [0.5, 0.6) is 11.5 Å². The second-order valence-electron chi connectivity index (χ2n) is 8.25. The molecule has 3 aromatic rings. The first-order valence-corrected chi connectivity index (χ1v) is 11.4. The first kappa shape index (κ1) is 20.9. The lowest BCUT2D eigenvalue weighted by Gasteiger charge is -2.37. The molecular weight excluding hydrogens is 422 g/mol. The maximum absolute atomic E-state index is 13.6. The quantitative estimate of drug-likeness (QED) is 0.537. The van der Waals surface area contributed by atoms with Crippen LogP contribution in [0, 0.1) is 0 Å². The van der Waals surface area contributed by atoms with Crippen molar-refractivity contribution in [2.45, 2.75) is 13.0 Å². The number of anilines is 1. The van der Waals surface area contributed by atoms with Gasteiger partial charge in [-0.3, -0.25) is 9.80 Å². The van der Waals surface area contributed by atoms with Crippen LogP contribution in [0.25, 0.3) is 0 Å². The van der Waals surface area contributed by atoms with E-state index in [1.54, 1.807) is 11.0 Å². The normalized spacial score (nSPS) is 16.0.